The molecule has 2 atom stereocenters. The molecule has 0 aliphatic carbocycles. The van der Waals surface area contributed by atoms with Crippen molar-refractivity contribution in [3.63, 3.8) is 0 Å². The lowest BCUT2D eigenvalue weighted by molar-refractivity contribution is 0.214. The molecule has 0 saturated heterocycles. The van der Waals surface area contributed by atoms with Crippen molar-refractivity contribution in [2.24, 2.45) is 11.7 Å². The van der Waals surface area contributed by atoms with E-state index in [1.54, 1.807) is 6.07 Å². The molecule has 2 nitrogen and oxygen atoms in total. The number of nitrogens with two attached hydrogens (primary N) is 1. The van der Waals surface area contributed by atoms with E-state index in [9.17, 15) is 9.50 Å². The molecular weight excluding hydrogens is 229 g/mol. The Bertz CT molecular complexity index is 388. The summed E-state index contributed by atoms with van der Waals surface area (Å²) in [5.74, 6) is 0.0413. The lowest BCUT2D eigenvalue weighted by Gasteiger charge is -2.22. The fourth-order valence-corrected chi connectivity index (χ4v) is 2.28. The van der Waals surface area contributed by atoms with Crippen LogP contribution in [0.1, 0.15) is 42.4 Å². The van der Waals surface area contributed by atoms with Crippen LogP contribution in [0.5, 0.6) is 0 Å². The van der Waals surface area contributed by atoms with Crippen molar-refractivity contribution in [1.29, 1.82) is 0 Å². The fraction of sp³-hybridized carbons (Fsp3) is 0.600. The highest BCUT2D eigenvalue weighted by Crippen LogP contribution is 2.30. The van der Waals surface area contributed by atoms with Crippen LogP contribution in [0.25, 0.3) is 0 Å². The van der Waals surface area contributed by atoms with E-state index in [-0.39, 0.29) is 24.3 Å². The predicted octanol–water partition coefficient (Wildman–Crippen LogP) is 2.89. The Morgan fingerprint density at radius 3 is 2.39 bits per heavy atom. The van der Waals surface area contributed by atoms with E-state index in [1.807, 2.05) is 26.8 Å². The van der Waals surface area contributed by atoms with Gasteiger partial charge in [-0.2, -0.15) is 0 Å². The van der Waals surface area contributed by atoms with Gasteiger partial charge in [0, 0.05) is 6.61 Å². The summed E-state index contributed by atoms with van der Waals surface area (Å²) >= 11 is 0. The van der Waals surface area contributed by atoms with E-state index in [1.165, 1.54) is 0 Å². The van der Waals surface area contributed by atoms with Crippen molar-refractivity contribution >= 4 is 0 Å². The highest BCUT2D eigenvalue weighted by atomic mass is 19.1. The number of aliphatic hydroxyl groups excluding tert-OH is 1. The Balaban J connectivity index is 2.98. The number of rotatable bonds is 6. The molecule has 0 amide bonds. The van der Waals surface area contributed by atoms with Gasteiger partial charge in [-0.3, -0.25) is 0 Å². The van der Waals surface area contributed by atoms with E-state index in [2.05, 4.69) is 0 Å². The molecule has 0 bridgehead atoms. The average Bonchev–Trinajstić information content (AvgIpc) is 2.36. The molecule has 18 heavy (non-hydrogen) atoms. The van der Waals surface area contributed by atoms with E-state index in [0.29, 0.717) is 6.54 Å². The number of aryl methyl sites for hydroxylation is 2. The van der Waals surface area contributed by atoms with Crippen molar-refractivity contribution in [3.05, 3.63) is 34.6 Å². The summed E-state index contributed by atoms with van der Waals surface area (Å²) in [6.45, 7) is 6.47. The molecular formula is C15H24FNO. The summed E-state index contributed by atoms with van der Waals surface area (Å²) in [7, 11) is 0. The highest BCUT2D eigenvalue weighted by molar-refractivity contribution is 5.33. The summed E-state index contributed by atoms with van der Waals surface area (Å²) < 4.78 is 14.0. The Kier molecular flexibility index (Phi) is 5.76. The van der Waals surface area contributed by atoms with Crippen LogP contribution >= 0.6 is 0 Å². The minimum Gasteiger partial charge on any atom is -0.396 e. The van der Waals surface area contributed by atoms with Gasteiger partial charge in [-0.25, -0.2) is 4.39 Å². The zero-order chi connectivity index (χ0) is 13.7. The first-order valence-electron chi connectivity index (χ1n) is 6.61. The molecule has 0 heterocycles. The Labute approximate surface area is 109 Å². The molecule has 2 unspecified atom stereocenters. The second kappa shape index (κ2) is 6.86. The number of hydrogen-bond acceptors (Lipinski definition) is 2. The van der Waals surface area contributed by atoms with Crippen LogP contribution in [-0.2, 0) is 0 Å². The molecule has 0 radical (unpaired) electrons. The lowest BCUT2D eigenvalue weighted by Crippen LogP contribution is -2.21. The summed E-state index contributed by atoms with van der Waals surface area (Å²) in [5, 5.41) is 9.21. The topological polar surface area (TPSA) is 46.2 Å². The third-order valence-corrected chi connectivity index (χ3v) is 3.76. The maximum atomic E-state index is 14.0. The highest BCUT2D eigenvalue weighted by Gasteiger charge is 2.19. The van der Waals surface area contributed by atoms with Gasteiger partial charge in [0.1, 0.15) is 5.82 Å². The van der Waals surface area contributed by atoms with Crippen molar-refractivity contribution in [2.45, 2.75) is 39.5 Å². The molecule has 3 heteroatoms. The smallest absolute Gasteiger partial charge is 0.126 e. The van der Waals surface area contributed by atoms with Crippen LogP contribution in [0.15, 0.2) is 12.1 Å². The number of halogens is 1. The first kappa shape index (κ1) is 15.1. The van der Waals surface area contributed by atoms with Crippen molar-refractivity contribution in [1.82, 2.24) is 0 Å². The van der Waals surface area contributed by atoms with E-state index >= 15 is 0 Å². The number of benzene rings is 1. The van der Waals surface area contributed by atoms with Gasteiger partial charge >= 0.3 is 0 Å². The van der Waals surface area contributed by atoms with E-state index < -0.39 is 0 Å². The van der Waals surface area contributed by atoms with Gasteiger partial charge in [-0.1, -0.05) is 13.0 Å². The SMILES string of the molecule is CCC(CC(CN)CO)c1cc(C)c(C)cc1F. The van der Waals surface area contributed by atoms with E-state index in [0.717, 1.165) is 29.5 Å². The largest absolute Gasteiger partial charge is 0.396 e. The van der Waals surface area contributed by atoms with Gasteiger partial charge < -0.3 is 10.8 Å². The minimum atomic E-state index is -0.140. The summed E-state index contributed by atoms with van der Waals surface area (Å²) in [4.78, 5) is 0. The van der Waals surface area contributed by atoms with Crippen molar-refractivity contribution in [3.8, 4) is 0 Å². The van der Waals surface area contributed by atoms with Crippen molar-refractivity contribution in [2.75, 3.05) is 13.2 Å². The minimum absolute atomic E-state index is 0.0518. The Hall–Kier alpha value is -0.930. The molecule has 0 aromatic heterocycles. The number of aliphatic hydroxyl groups is 1. The molecule has 0 saturated carbocycles. The summed E-state index contributed by atoms with van der Waals surface area (Å²) in [6.07, 6.45) is 1.60. The van der Waals surface area contributed by atoms with Crippen LogP contribution < -0.4 is 5.73 Å². The molecule has 0 spiro atoms. The molecule has 102 valence electrons. The first-order valence-corrected chi connectivity index (χ1v) is 6.61. The predicted molar refractivity (Wildman–Crippen MR) is 73.2 cm³/mol. The Morgan fingerprint density at radius 1 is 1.28 bits per heavy atom. The summed E-state index contributed by atoms with van der Waals surface area (Å²) in [6, 6.07) is 3.54. The lowest BCUT2D eigenvalue weighted by atomic mass is 9.85. The molecule has 0 aliphatic heterocycles. The van der Waals surface area contributed by atoms with Gasteiger partial charge in [0.25, 0.3) is 0 Å². The zero-order valence-electron chi connectivity index (χ0n) is 11.5. The van der Waals surface area contributed by atoms with Crippen molar-refractivity contribution < 1.29 is 9.50 Å². The molecule has 3 N–H and O–H groups in total. The third-order valence-electron chi connectivity index (χ3n) is 3.76. The number of hydrogen-bond donors (Lipinski definition) is 2. The molecule has 1 aromatic carbocycles. The molecule has 0 aliphatic rings. The quantitative estimate of drug-likeness (QED) is 0.819. The maximum Gasteiger partial charge on any atom is 0.126 e. The molecule has 0 fully saturated rings. The molecule has 1 aromatic rings. The van der Waals surface area contributed by atoms with Gasteiger partial charge in [0.2, 0.25) is 0 Å². The fourth-order valence-electron chi connectivity index (χ4n) is 2.28. The van der Waals surface area contributed by atoms with Crippen LogP contribution in [0.2, 0.25) is 0 Å². The van der Waals surface area contributed by atoms with Crippen LogP contribution in [0.4, 0.5) is 4.39 Å². The summed E-state index contributed by atoms with van der Waals surface area (Å²) in [5.41, 5.74) is 8.44. The normalized spacial score (nSPS) is 14.6. The maximum absolute atomic E-state index is 14.0. The monoisotopic (exact) mass is 253 g/mol. The first-order chi connectivity index (χ1) is 8.53. The average molecular weight is 253 g/mol. The van der Waals surface area contributed by atoms with E-state index in [4.69, 9.17) is 5.73 Å². The van der Waals surface area contributed by atoms with Gasteiger partial charge in [-0.15, -0.1) is 0 Å². The van der Waals surface area contributed by atoms with Crippen LogP contribution in [0.3, 0.4) is 0 Å². The van der Waals surface area contributed by atoms with Crippen LogP contribution in [0, 0.1) is 25.6 Å². The van der Waals surface area contributed by atoms with Crippen LogP contribution in [-0.4, -0.2) is 18.3 Å². The third kappa shape index (κ3) is 3.53. The zero-order valence-corrected chi connectivity index (χ0v) is 11.5. The molecule has 1 rings (SSSR count). The van der Waals surface area contributed by atoms with Gasteiger partial charge in [-0.05, 0) is 67.8 Å². The standard InChI is InChI=1S/C15H24FNO/c1-4-13(7-12(8-17)9-18)14-5-10(2)11(3)6-15(14)16/h5-6,12-13,18H,4,7-9,17H2,1-3H3. The van der Waals surface area contributed by atoms with Gasteiger partial charge in [0.05, 0.1) is 0 Å². The second-order valence-corrected chi connectivity index (χ2v) is 5.08. The Morgan fingerprint density at radius 2 is 1.89 bits per heavy atom. The van der Waals surface area contributed by atoms with Gasteiger partial charge in [0.15, 0.2) is 0 Å². The second-order valence-electron chi connectivity index (χ2n) is 5.08.